The molecule has 0 fully saturated rings. The third-order valence-electron chi connectivity index (χ3n) is 11.8. The van der Waals surface area contributed by atoms with Gasteiger partial charge in [-0.05, 0) is 109 Å². The van der Waals surface area contributed by atoms with Crippen LogP contribution in [0.5, 0.6) is 0 Å². The van der Waals surface area contributed by atoms with Crippen LogP contribution in [-0.2, 0) is 28.6 Å². The second kappa shape index (κ2) is 56.7. The first-order chi connectivity index (χ1) is 34.0. The number of ether oxygens (including phenoxy) is 3. The monoisotopic (exact) mass is 957 g/mol. The van der Waals surface area contributed by atoms with Crippen molar-refractivity contribution in [3.8, 4) is 0 Å². The van der Waals surface area contributed by atoms with Crippen LogP contribution in [-0.4, -0.2) is 37.2 Å². The molecule has 0 N–H and O–H groups in total. The third-order valence-corrected chi connectivity index (χ3v) is 11.8. The van der Waals surface area contributed by atoms with Crippen LogP contribution >= 0.6 is 0 Å². The molecular weight excluding hydrogens is 853 g/mol. The van der Waals surface area contributed by atoms with Gasteiger partial charge in [0.15, 0.2) is 6.10 Å². The fraction of sp³-hybridized carbons (Fsp3) is 0.667. The van der Waals surface area contributed by atoms with Crippen molar-refractivity contribution in [3.05, 3.63) is 109 Å². The number of esters is 3. The second-order valence-electron chi connectivity index (χ2n) is 18.5. The lowest BCUT2D eigenvalue weighted by Gasteiger charge is -2.18. The van der Waals surface area contributed by atoms with Gasteiger partial charge in [-0.3, -0.25) is 14.4 Å². The standard InChI is InChI=1S/C63H104O6/c1-4-7-10-13-16-19-22-24-25-26-27-28-29-30-31-32-33-34-35-36-37-39-41-44-47-50-53-56-62(65)68-59-60(58-67-61(64)55-52-49-46-43-40-21-18-15-12-9-6-3)69-63(66)57-54-51-48-45-42-38-23-20-17-14-11-8-5-2/h7,10,16,19-20,23-25,27-28,30-31,33-34,36-37,41,44,60H,4-6,8-9,11-15,17-18,21-22,26,29,32,35,38-40,42-43,45-59H2,1-3H3/b10-7-,19-16-,23-20-,25-24-,28-27-,31-30-,34-33-,37-36-,44-41-. The summed E-state index contributed by atoms with van der Waals surface area (Å²) < 4.78 is 16.8. The maximum absolute atomic E-state index is 12.8. The number of carbonyl (C=O) groups is 3. The molecule has 0 radical (unpaired) electrons. The van der Waals surface area contributed by atoms with Crippen molar-refractivity contribution in [1.82, 2.24) is 0 Å². The van der Waals surface area contributed by atoms with E-state index in [1.807, 2.05) is 0 Å². The number of hydrogen-bond acceptors (Lipinski definition) is 6. The number of rotatable bonds is 50. The van der Waals surface area contributed by atoms with E-state index in [9.17, 15) is 14.4 Å². The van der Waals surface area contributed by atoms with Gasteiger partial charge in [0.25, 0.3) is 0 Å². The van der Waals surface area contributed by atoms with Crippen molar-refractivity contribution in [2.75, 3.05) is 13.2 Å². The zero-order valence-corrected chi connectivity index (χ0v) is 44.8. The highest BCUT2D eigenvalue weighted by Crippen LogP contribution is 2.14. The van der Waals surface area contributed by atoms with Gasteiger partial charge in [0.2, 0.25) is 0 Å². The van der Waals surface area contributed by atoms with E-state index in [4.69, 9.17) is 14.2 Å². The van der Waals surface area contributed by atoms with Crippen molar-refractivity contribution >= 4 is 17.9 Å². The van der Waals surface area contributed by atoms with Gasteiger partial charge >= 0.3 is 17.9 Å². The van der Waals surface area contributed by atoms with Crippen molar-refractivity contribution in [2.24, 2.45) is 0 Å². The summed E-state index contributed by atoms with van der Waals surface area (Å²) in [6.45, 7) is 6.45. The van der Waals surface area contributed by atoms with Crippen molar-refractivity contribution < 1.29 is 28.6 Å². The van der Waals surface area contributed by atoms with E-state index < -0.39 is 6.10 Å². The average molecular weight is 958 g/mol. The van der Waals surface area contributed by atoms with E-state index in [0.717, 1.165) is 122 Å². The molecule has 0 heterocycles. The van der Waals surface area contributed by atoms with Gasteiger partial charge in [-0.1, -0.05) is 233 Å². The number of unbranched alkanes of at least 4 members (excludes halogenated alkanes) is 21. The zero-order valence-electron chi connectivity index (χ0n) is 44.8. The Morgan fingerprint density at radius 1 is 0.304 bits per heavy atom. The molecule has 0 aromatic rings. The maximum atomic E-state index is 12.8. The minimum atomic E-state index is -0.799. The minimum Gasteiger partial charge on any atom is -0.462 e. The highest BCUT2D eigenvalue weighted by atomic mass is 16.6. The van der Waals surface area contributed by atoms with Gasteiger partial charge in [0, 0.05) is 19.3 Å². The number of allylic oxidation sites excluding steroid dienone is 18. The molecule has 0 aromatic carbocycles. The Kier molecular flexibility index (Phi) is 53.4. The molecule has 392 valence electrons. The van der Waals surface area contributed by atoms with Gasteiger partial charge in [-0.25, -0.2) is 0 Å². The Hall–Kier alpha value is -3.93. The molecule has 0 saturated heterocycles. The van der Waals surface area contributed by atoms with E-state index in [-0.39, 0.29) is 31.1 Å². The van der Waals surface area contributed by atoms with Crippen molar-refractivity contribution in [2.45, 2.75) is 258 Å². The molecule has 0 saturated carbocycles. The molecule has 69 heavy (non-hydrogen) atoms. The Morgan fingerprint density at radius 2 is 0.565 bits per heavy atom. The first kappa shape index (κ1) is 65.1. The predicted molar refractivity (Wildman–Crippen MR) is 297 cm³/mol. The zero-order chi connectivity index (χ0) is 50.0. The summed E-state index contributed by atoms with van der Waals surface area (Å²) in [6, 6.07) is 0. The van der Waals surface area contributed by atoms with Crippen LogP contribution in [0.1, 0.15) is 252 Å². The molecule has 0 aliphatic rings. The average Bonchev–Trinajstić information content (AvgIpc) is 3.35. The largest absolute Gasteiger partial charge is 0.462 e. The summed E-state index contributed by atoms with van der Waals surface area (Å²) in [6.07, 6.45) is 76.5. The predicted octanol–water partition coefficient (Wildman–Crippen LogP) is 19.1. The Bertz CT molecular complexity index is 1420. The molecule has 1 unspecified atom stereocenters. The second-order valence-corrected chi connectivity index (χ2v) is 18.5. The Labute approximate surface area is 425 Å². The molecule has 0 spiro atoms. The summed E-state index contributed by atoms with van der Waals surface area (Å²) in [7, 11) is 0. The normalized spacial score (nSPS) is 12.9. The highest BCUT2D eigenvalue weighted by Gasteiger charge is 2.19. The fourth-order valence-corrected chi connectivity index (χ4v) is 7.51. The summed E-state index contributed by atoms with van der Waals surface area (Å²) in [4.78, 5) is 38.0. The molecule has 0 bridgehead atoms. The molecule has 0 aliphatic heterocycles. The number of carbonyl (C=O) groups excluding carboxylic acids is 3. The lowest BCUT2D eigenvalue weighted by atomic mass is 10.1. The van der Waals surface area contributed by atoms with Gasteiger partial charge < -0.3 is 14.2 Å². The van der Waals surface area contributed by atoms with Gasteiger partial charge in [-0.2, -0.15) is 0 Å². The summed E-state index contributed by atoms with van der Waals surface area (Å²) >= 11 is 0. The highest BCUT2D eigenvalue weighted by molar-refractivity contribution is 5.71. The SMILES string of the molecule is CC/C=C\C/C=C\C/C=C\C/C=C\C/C=C\C/C=C\C/C=C\C/C=C\CCCCC(=O)OCC(COC(=O)CCCCCCCCCCCCC)OC(=O)CCCCCCC/C=C\CCCCCC. The van der Waals surface area contributed by atoms with Gasteiger partial charge in [0.1, 0.15) is 13.2 Å². The van der Waals surface area contributed by atoms with Crippen LogP contribution < -0.4 is 0 Å². The van der Waals surface area contributed by atoms with Crippen molar-refractivity contribution in [3.63, 3.8) is 0 Å². The lowest BCUT2D eigenvalue weighted by Crippen LogP contribution is -2.30. The molecular formula is C63H104O6. The summed E-state index contributed by atoms with van der Waals surface area (Å²) in [5, 5.41) is 0. The molecule has 0 rings (SSSR count). The van der Waals surface area contributed by atoms with Crippen LogP contribution in [0.3, 0.4) is 0 Å². The first-order valence-corrected chi connectivity index (χ1v) is 28.4. The quantitative estimate of drug-likeness (QED) is 0.0262. The molecule has 1 atom stereocenters. The van der Waals surface area contributed by atoms with Crippen molar-refractivity contribution in [1.29, 1.82) is 0 Å². The van der Waals surface area contributed by atoms with Crippen LogP contribution in [0.2, 0.25) is 0 Å². The van der Waals surface area contributed by atoms with Gasteiger partial charge in [-0.15, -0.1) is 0 Å². The van der Waals surface area contributed by atoms with Crippen LogP contribution in [0.25, 0.3) is 0 Å². The van der Waals surface area contributed by atoms with E-state index in [0.29, 0.717) is 19.3 Å². The smallest absolute Gasteiger partial charge is 0.306 e. The van der Waals surface area contributed by atoms with Gasteiger partial charge in [0.05, 0.1) is 0 Å². The van der Waals surface area contributed by atoms with Crippen LogP contribution in [0.4, 0.5) is 0 Å². The molecule has 6 nitrogen and oxygen atoms in total. The summed E-state index contributed by atoms with van der Waals surface area (Å²) in [5.41, 5.74) is 0. The van der Waals surface area contributed by atoms with Crippen LogP contribution in [0.15, 0.2) is 109 Å². The van der Waals surface area contributed by atoms with E-state index in [2.05, 4.69) is 130 Å². The summed E-state index contributed by atoms with van der Waals surface area (Å²) in [5.74, 6) is -0.951. The van der Waals surface area contributed by atoms with Crippen LogP contribution in [0, 0.1) is 0 Å². The Morgan fingerprint density at radius 3 is 0.942 bits per heavy atom. The lowest BCUT2D eigenvalue weighted by molar-refractivity contribution is -0.167. The molecule has 0 amide bonds. The first-order valence-electron chi connectivity index (χ1n) is 28.4. The molecule has 6 heteroatoms. The van der Waals surface area contributed by atoms with E-state index in [1.165, 1.54) is 89.9 Å². The topological polar surface area (TPSA) is 78.9 Å². The number of hydrogen-bond donors (Lipinski definition) is 0. The minimum absolute atomic E-state index is 0.0946. The molecule has 0 aliphatic carbocycles. The molecule has 0 aromatic heterocycles. The van der Waals surface area contributed by atoms with E-state index >= 15 is 0 Å². The van der Waals surface area contributed by atoms with E-state index in [1.54, 1.807) is 0 Å². The fourth-order valence-electron chi connectivity index (χ4n) is 7.51. The Balaban J connectivity index is 4.38. The maximum Gasteiger partial charge on any atom is 0.306 e. The third kappa shape index (κ3) is 54.9.